The summed E-state index contributed by atoms with van der Waals surface area (Å²) in [6.07, 6.45) is 2.24. The highest BCUT2D eigenvalue weighted by Gasteiger charge is 2.31. The monoisotopic (exact) mass is 438 g/mol. The Labute approximate surface area is 174 Å². The molecule has 160 valence electrons. The van der Waals surface area contributed by atoms with Gasteiger partial charge in [0.1, 0.15) is 0 Å². The molecule has 6 nitrogen and oxygen atoms in total. The average Bonchev–Trinajstić information content (AvgIpc) is 2.68. The first-order chi connectivity index (χ1) is 13.5. The molecule has 0 radical (unpaired) electrons. The van der Waals surface area contributed by atoms with Gasteiger partial charge in [0.2, 0.25) is 20.0 Å². The van der Waals surface area contributed by atoms with Gasteiger partial charge >= 0.3 is 0 Å². The van der Waals surface area contributed by atoms with E-state index in [9.17, 15) is 16.8 Å². The Morgan fingerprint density at radius 2 is 1.28 bits per heavy atom. The van der Waals surface area contributed by atoms with E-state index in [0.717, 1.165) is 12.8 Å². The summed E-state index contributed by atoms with van der Waals surface area (Å²) >= 11 is 0. The summed E-state index contributed by atoms with van der Waals surface area (Å²) in [5, 5.41) is 0. The predicted octanol–water partition coefficient (Wildman–Crippen LogP) is 3.53. The largest absolute Gasteiger partial charge is 0.241 e. The second kappa shape index (κ2) is 9.84. The molecule has 2 rings (SSSR count). The lowest BCUT2D eigenvalue weighted by atomic mass is 9.86. The Bertz CT molecular complexity index is 974. The van der Waals surface area contributed by atoms with Gasteiger partial charge in [-0.25, -0.2) is 26.3 Å². The van der Waals surface area contributed by atoms with Gasteiger partial charge in [-0.1, -0.05) is 49.7 Å². The number of rotatable bonds is 11. The molecule has 0 aliphatic heterocycles. The van der Waals surface area contributed by atoms with Crippen molar-refractivity contribution in [2.45, 2.75) is 55.4 Å². The first kappa shape index (κ1) is 23.5. The molecule has 0 aromatic heterocycles. The van der Waals surface area contributed by atoms with Crippen molar-refractivity contribution in [1.29, 1.82) is 0 Å². The summed E-state index contributed by atoms with van der Waals surface area (Å²) in [7, 11) is -7.08. The summed E-state index contributed by atoms with van der Waals surface area (Å²) in [6.45, 7) is 6.09. The minimum atomic E-state index is -3.59. The zero-order valence-corrected chi connectivity index (χ0v) is 18.8. The molecule has 0 heterocycles. The van der Waals surface area contributed by atoms with E-state index in [4.69, 9.17) is 0 Å². The summed E-state index contributed by atoms with van der Waals surface area (Å²) < 4.78 is 55.0. The first-order valence-corrected chi connectivity index (χ1v) is 12.6. The quantitative estimate of drug-likeness (QED) is 0.525. The Morgan fingerprint density at radius 1 is 0.793 bits per heavy atom. The molecule has 2 aromatic carbocycles. The van der Waals surface area contributed by atoms with Crippen molar-refractivity contribution < 1.29 is 16.8 Å². The van der Waals surface area contributed by atoms with Crippen LogP contribution >= 0.6 is 0 Å². The summed E-state index contributed by atoms with van der Waals surface area (Å²) in [4.78, 5) is 0.500. The van der Waals surface area contributed by atoms with Crippen LogP contribution in [0.3, 0.4) is 0 Å². The van der Waals surface area contributed by atoms with Crippen LogP contribution in [0.4, 0.5) is 0 Å². The molecule has 1 unspecified atom stereocenters. The molecule has 2 N–H and O–H groups in total. The summed E-state index contributed by atoms with van der Waals surface area (Å²) in [6, 6.07) is 16.6. The predicted molar refractivity (Wildman–Crippen MR) is 115 cm³/mol. The normalized spacial score (nSPS) is 13.9. The van der Waals surface area contributed by atoms with Crippen LogP contribution in [0, 0.1) is 5.92 Å². The second-order valence-corrected chi connectivity index (χ2v) is 11.2. The third-order valence-electron chi connectivity index (χ3n) is 5.09. The van der Waals surface area contributed by atoms with Gasteiger partial charge in [-0.2, -0.15) is 0 Å². The number of nitrogens with one attached hydrogen (secondary N) is 2. The number of hydrogen-bond donors (Lipinski definition) is 2. The Hall–Kier alpha value is -1.74. The zero-order valence-electron chi connectivity index (χ0n) is 17.1. The van der Waals surface area contributed by atoms with Crippen molar-refractivity contribution in [2.75, 3.05) is 6.54 Å². The molecule has 0 aliphatic rings. The standard InChI is InChI=1S/C21H30N2O4S2/c1-18(21(2,3)23-29(26,27)20-15-8-5-9-16-20)12-10-11-17-22-28(24,25)19-13-6-4-7-14-19/h4-9,13-16,18,22-23H,10-12,17H2,1-3H3. The average molecular weight is 439 g/mol. The first-order valence-electron chi connectivity index (χ1n) is 9.68. The van der Waals surface area contributed by atoms with Gasteiger partial charge < -0.3 is 0 Å². The SMILES string of the molecule is CC(CCCCNS(=O)(=O)c1ccccc1)C(C)(C)NS(=O)(=O)c1ccccc1. The van der Waals surface area contributed by atoms with Gasteiger partial charge in [-0.05, 0) is 56.9 Å². The van der Waals surface area contributed by atoms with Crippen LogP contribution in [0.2, 0.25) is 0 Å². The molecule has 0 amide bonds. The van der Waals surface area contributed by atoms with Crippen LogP contribution in [0.25, 0.3) is 0 Å². The number of unbranched alkanes of at least 4 members (excludes halogenated alkanes) is 1. The van der Waals surface area contributed by atoms with Crippen LogP contribution in [-0.4, -0.2) is 28.9 Å². The van der Waals surface area contributed by atoms with Crippen LogP contribution in [0.1, 0.15) is 40.0 Å². The van der Waals surface area contributed by atoms with Crippen LogP contribution in [0.5, 0.6) is 0 Å². The molecule has 1 atom stereocenters. The lowest BCUT2D eigenvalue weighted by molar-refractivity contribution is 0.290. The molecular formula is C21H30N2O4S2. The van der Waals surface area contributed by atoms with Gasteiger partial charge in [-0.15, -0.1) is 0 Å². The lowest BCUT2D eigenvalue weighted by Crippen LogP contribution is -2.48. The Kier molecular flexibility index (Phi) is 7.99. The smallest absolute Gasteiger partial charge is 0.211 e. The van der Waals surface area contributed by atoms with E-state index in [-0.39, 0.29) is 15.7 Å². The fraction of sp³-hybridized carbons (Fsp3) is 0.429. The lowest BCUT2D eigenvalue weighted by Gasteiger charge is -2.32. The van der Waals surface area contributed by atoms with Crippen LogP contribution in [0.15, 0.2) is 70.5 Å². The van der Waals surface area contributed by atoms with Crippen LogP contribution < -0.4 is 9.44 Å². The number of hydrogen-bond acceptors (Lipinski definition) is 4. The Balaban J connectivity index is 1.81. The summed E-state index contributed by atoms with van der Waals surface area (Å²) in [5.41, 5.74) is -0.627. The van der Waals surface area contributed by atoms with Gasteiger partial charge in [0.05, 0.1) is 9.79 Å². The van der Waals surface area contributed by atoms with E-state index in [1.54, 1.807) is 60.7 Å². The van der Waals surface area contributed by atoms with Crippen molar-refractivity contribution in [3.63, 3.8) is 0 Å². The fourth-order valence-corrected chi connectivity index (χ4v) is 5.55. The highest BCUT2D eigenvalue weighted by Crippen LogP contribution is 2.24. The maximum Gasteiger partial charge on any atom is 0.241 e. The number of sulfonamides is 2. The molecular weight excluding hydrogens is 408 g/mol. The molecule has 8 heteroatoms. The van der Waals surface area contributed by atoms with Crippen molar-refractivity contribution in [2.24, 2.45) is 5.92 Å². The number of benzene rings is 2. The molecule has 0 saturated carbocycles. The summed E-state index contributed by atoms with van der Waals surface area (Å²) in [5.74, 6) is 0.0757. The van der Waals surface area contributed by atoms with Gasteiger partial charge in [0.15, 0.2) is 0 Å². The van der Waals surface area contributed by atoms with Crippen molar-refractivity contribution >= 4 is 20.0 Å². The molecule has 0 aliphatic carbocycles. The third kappa shape index (κ3) is 6.92. The van der Waals surface area contributed by atoms with Crippen molar-refractivity contribution in [1.82, 2.24) is 9.44 Å². The Morgan fingerprint density at radius 3 is 1.79 bits per heavy atom. The van der Waals surface area contributed by atoms with Crippen molar-refractivity contribution in [3.05, 3.63) is 60.7 Å². The van der Waals surface area contributed by atoms with Gasteiger partial charge in [-0.3, -0.25) is 0 Å². The van der Waals surface area contributed by atoms with Crippen LogP contribution in [-0.2, 0) is 20.0 Å². The molecule has 0 fully saturated rings. The van der Waals surface area contributed by atoms with E-state index >= 15 is 0 Å². The third-order valence-corrected chi connectivity index (χ3v) is 8.26. The maximum absolute atomic E-state index is 12.6. The molecule has 2 aromatic rings. The molecule has 0 spiro atoms. The zero-order chi connectivity index (χ0) is 21.5. The van der Waals surface area contributed by atoms with Crippen molar-refractivity contribution in [3.8, 4) is 0 Å². The van der Waals surface area contributed by atoms with E-state index in [1.807, 2.05) is 20.8 Å². The van der Waals surface area contributed by atoms with Gasteiger partial charge in [0.25, 0.3) is 0 Å². The van der Waals surface area contributed by atoms with E-state index in [2.05, 4.69) is 9.44 Å². The van der Waals surface area contributed by atoms with Gasteiger partial charge in [0, 0.05) is 12.1 Å². The topological polar surface area (TPSA) is 92.3 Å². The highest BCUT2D eigenvalue weighted by molar-refractivity contribution is 7.89. The molecule has 29 heavy (non-hydrogen) atoms. The minimum absolute atomic E-state index is 0.0757. The van der Waals surface area contributed by atoms with E-state index in [0.29, 0.717) is 13.0 Å². The second-order valence-electron chi connectivity index (χ2n) is 7.75. The fourth-order valence-electron chi connectivity index (χ4n) is 2.93. The van der Waals surface area contributed by atoms with E-state index in [1.165, 1.54) is 0 Å². The molecule has 0 saturated heterocycles. The maximum atomic E-state index is 12.6. The van der Waals surface area contributed by atoms with E-state index < -0.39 is 25.6 Å². The molecule has 0 bridgehead atoms. The highest BCUT2D eigenvalue weighted by atomic mass is 32.2. The minimum Gasteiger partial charge on any atom is -0.211 e.